The number of hydrogen-bond donors (Lipinski definition) is 1. The Morgan fingerprint density at radius 1 is 1.26 bits per heavy atom. The minimum absolute atomic E-state index is 0. The minimum atomic E-state index is -0.939. The summed E-state index contributed by atoms with van der Waals surface area (Å²) in [7, 11) is 0. The maximum absolute atomic E-state index is 12.9. The largest absolute Gasteiger partial charge is 0.445 e. The SMILES string of the molecule is Cl.O=C(OCc1ccc(F)c(F)c1)N1CCNCC1. The molecule has 0 aromatic heterocycles. The molecule has 0 saturated carbocycles. The molecule has 1 aliphatic rings. The first kappa shape index (κ1) is 15.7. The second kappa shape index (κ2) is 7.25. The molecule has 1 heterocycles. The van der Waals surface area contributed by atoms with Crippen LogP contribution in [0.2, 0.25) is 0 Å². The molecule has 0 radical (unpaired) electrons. The van der Waals surface area contributed by atoms with Gasteiger partial charge in [-0.3, -0.25) is 0 Å². The van der Waals surface area contributed by atoms with Crippen LogP contribution in [0.25, 0.3) is 0 Å². The zero-order chi connectivity index (χ0) is 13.0. The van der Waals surface area contributed by atoms with Crippen molar-refractivity contribution in [2.75, 3.05) is 26.2 Å². The summed E-state index contributed by atoms with van der Waals surface area (Å²) in [5.41, 5.74) is 0.428. The van der Waals surface area contributed by atoms with Crippen molar-refractivity contribution in [3.63, 3.8) is 0 Å². The fraction of sp³-hybridized carbons (Fsp3) is 0.417. The maximum Gasteiger partial charge on any atom is 0.410 e. The summed E-state index contributed by atoms with van der Waals surface area (Å²) in [6, 6.07) is 3.44. The Morgan fingerprint density at radius 2 is 1.95 bits per heavy atom. The van der Waals surface area contributed by atoms with E-state index in [1.54, 1.807) is 4.90 Å². The lowest BCUT2D eigenvalue weighted by Gasteiger charge is -2.26. The van der Waals surface area contributed by atoms with Gasteiger partial charge in [0.25, 0.3) is 0 Å². The lowest BCUT2D eigenvalue weighted by Crippen LogP contribution is -2.46. The molecular weight excluding hydrogens is 278 g/mol. The number of amides is 1. The fourth-order valence-corrected chi connectivity index (χ4v) is 1.71. The Kier molecular flexibility index (Phi) is 5.98. The average Bonchev–Trinajstić information content (AvgIpc) is 2.41. The lowest BCUT2D eigenvalue weighted by molar-refractivity contribution is 0.0917. The summed E-state index contributed by atoms with van der Waals surface area (Å²) in [6.45, 7) is 2.60. The molecule has 1 N–H and O–H groups in total. The van der Waals surface area contributed by atoms with Gasteiger partial charge in [0.15, 0.2) is 11.6 Å². The van der Waals surface area contributed by atoms with Gasteiger partial charge in [0, 0.05) is 26.2 Å². The Labute approximate surface area is 116 Å². The van der Waals surface area contributed by atoms with Crippen LogP contribution in [0.1, 0.15) is 5.56 Å². The zero-order valence-electron chi connectivity index (χ0n) is 10.2. The highest BCUT2D eigenvalue weighted by atomic mass is 35.5. The normalized spacial score (nSPS) is 14.7. The first-order valence-electron chi connectivity index (χ1n) is 5.73. The highest BCUT2D eigenvalue weighted by molar-refractivity contribution is 5.85. The fourth-order valence-electron chi connectivity index (χ4n) is 1.71. The van der Waals surface area contributed by atoms with Gasteiger partial charge in [0.1, 0.15) is 6.61 Å². The van der Waals surface area contributed by atoms with E-state index in [9.17, 15) is 13.6 Å². The third-order valence-electron chi connectivity index (χ3n) is 2.72. The van der Waals surface area contributed by atoms with Gasteiger partial charge >= 0.3 is 6.09 Å². The quantitative estimate of drug-likeness (QED) is 0.905. The topological polar surface area (TPSA) is 41.6 Å². The molecule has 0 bridgehead atoms. The number of nitrogens with zero attached hydrogens (tertiary/aromatic N) is 1. The Hall–Kier alpha value is -1.40. The van der Waals surface area contributed by atoms with Gasteiger partial charge in [-0.2, -0.15) is 0 Å². The highest BCUT2D eigenvalue weighted by Crippen LogP contribution is 2.10. The standard InChI is InChI=1S/C12H14F2N2O2.ClH/c13-10-2-1-9(7-11(10)14)8-18-12(17)16-5-3-15-4-6-16;/h1-2,7,15H,3-6,8H2;1H. The number of ether oxygens (including phenoxy) is 1. The van der Waals surface area contributed by atoms with Crippen LogP contribution >= 0.6 is 12.4 Å². The van der Waals surface area contributed by atoms with E-state index in [1.165, 1.54) is 6.07 Å². The number of piperazine rings is 1. The lowest BCUT2D eigenvalue weighted by atomic mass is 10.2. The van der Waals surface area contributed by atoms with Crippen molar-refractivity contribution in [3.8, 4) is 0 Å². The number of halogens is 3. The number of nitrogens with one attached hydrogen (secondary N) is 1. The Morgan fingerprint density at radius 3 is 2.58 bits per heavy atom. The van der Waals surface area contributed by atoms with Gasteiger partial charge in [-0.15, -0.1) is 12.4 Å². The highest BCUT2D eigenvalue weighted by Gasteiger charge is 2.17. The van der Waals surface area contributed by atoms with Gasteiger partial charge in [-0.05, 0) is 17.7 Å². The minimum Gasteiger partial charge on any atom is -0.445 e. The first-order valence-corrected chi connectivity index (χ1v) is 5.73. The molecule has 1 amide bonds. The van der Waals surface area contributed by atoms with E-state index in [2.05, 4.69) is 5.32 Å². The van der Waals surface area contributed by atoms with Crippen LogP contribution in [0, 0.1) is 11.6 Å². The number of carbonyl (C=O) groups excluding carboxylic acids is 1. The summed E-state index contributed by atoms with van der Waals surface area (Å²) in [5, 5.41) is 3.12. The van der Waals surface area contributed by atoms with E-state index >= 15 is 0 Å². The summed E-state index contributed by atoms with van der Waals surface area (Å²) in [4.78, 5) is 13.2. The molecule has 7 heteroatoms. The zero-order valence-corrected chi connectivity index (χ0v) is 11.0. The molecule has 0 spiro atoms. The molecule has 0 aliphatic carbocycles. The predicted octanol–water partition coefficient (Wildman–Crippen LogP) is 1.93. The van der Waals surface area contributed by atoms with Crippen LogP contribution < -0.4 is 5.32 Å². The van der Waals surface area contributed by atoms with Crippen molar-refractivity contribution < 1.29 is 18.3 Å². The summed E-state index contributed by atoms with van der Waals surface area (Å²) in [6.07, 6.45) is -0.429. The average molecular weight is 293 g/mol. The molecular formula is C12H15ClF2N2O2. The van der Waals surface area contributed by atoms with Crippen molar-refractivity contribution in [1.82, 2.24) is 10.2 Å². The third-order valence-corrected chi connectivity index (χ3v) is 2.72. The van der Waals surface area contributed by atoms with Gasteiger partial charge in [-0.25, -0.2) is 13.6 Å². The molecule has 1 aromatic carbocycles. The van der Waals surface area contributed by atoms with Gasteiger partial charge in [-0.1, -0.05) is 6.07 Å². The molecule has 0 unspecified atom stereocenters. The predicted molar refractivity (Wildman–Crippen MR) is 68.2 cm³/mol. The molecule has 1 fully saturated rings. The smallest absolute Gasteiger partial charge is 0.410 e. The molecule has 19 heavy (non-hydrogen) atoms. The molecule has 2 rings (SSSR count). The van der Waals surface area contributed by atoms with Crippen LogP contribution in [0.3, 0.4) is 0 Å². The van der Waals surface area contributed by atoms with Crippen LogP contribution in [0.5, 0.6) is 0 Å². The number of benzene rings is 1. The molecule has 0 atom stereocenters. The van der Waals surface area contributed by atoms with E-state index in [0.29, 0.717) is 18.7 Å². The Balaban J connectivity index is 0.00000180. The Bertz CT molecular complexity index is 440. The van der Waals surface area contributed by atoms with Gasteiger partial charge in [0.2, 0.25) is 0 Å². The summed E-state index contributed by atoms with van der Waals surface area (Å²) < 4.78 is 30.6. The van der Waals surface area contributed by atoms with Crippen molar-refractivity contribution in [2.24, 2.45) is 0 Å². The molecule has 106 valence electrons. The van der Waals surface area contributed by atoms with Crippen molar-refractivity contribution in [1.29, 1.82) is 0 Å². The van der Waals surface area contributed by atoms with Gasteiger partial charge < -0.3 is 15.0 Å². The summed E-state index contributed by atoms with van der Waals surface area (Å²) in [5.74, 6) is -1.85. The number of rotatable bonds is 2. The van der Waals surface area contributed by atoms with E-state index in [1.807, 2.05) is 0 Å². The second-order valence-electron chi connectivity index (χ2n) is 4.04. The first-order chi connectivity index (χ1) is 8.66. The maximum atomic E-state index is 12.9. The van der Waals surface area contributed by atoms with E-state index in [0.717, 1.165) is 25.2 Å². The van der Waals surface area contributed by atoms with Crippen molar-refractivity contribution in [3.05, 3.63) is 35.4 Å². The molecule has 1 aromatic rings. The molecule has 1 aliphatic heterocycles. The van der Waals surface area contributed by atoms with E-state index in [4.69, 9.17) is 4.74 Å². The summed E-state index contributed by atoms with van der Waals surface area (Å²) >= 11 is 0. The number of hydrogen-bond acceptors (Lipinski definition) is 3. The second-order valence-corrected chi connectivity index (χ2v) is 4.04. The van der Waals surface area contributed by atoms with Gasteiger partial charge in [0.05, 0.1) is 0 Å². The van der Waals surface area contributed by atoms with Crippen LogP contribution in [-0.2, 0) is 11.3 Å². The molecule has 1 saturated heterocycles. The van der Waals surface area contributed by atoms with Crippen LogP contribution in [0.4, 0.5) is 13.6 Å². The van der Waals surface area contributed by atoms with Crippen LogP contribution in [0.15, 0.2) is 18.2 Å². The van der Waals surface area contributed by atoms with E-state index < -0.39 is 17.7 Å². The van der Waals surface area contributed by atoms with Crippen molar-refractivity contribution in [2.45, 2.75) is 6.61 Å². The molecule has 4 nitrogen and oxygen atoms in total. The third kappa shape index (κ3) is 4.33. The van der Waals surface area contributed by atoms with Crippen LogP contribution in [-0.4, -0.2) is 37.2 Å². The number of carbonyl (C=O) groups is 1. The monoisotopic (exact) mass is 292 g/mol. The van der Waals surface area contributed by atoms with Crippen molar-refractivity contribution >= 4 is 18.5 Å². The van der Waals surface area contributed by atoms with E-state index in [-0.39, 0.29) is 19.0 Å².